The number of nitrogens with zero attached hydrogens (tertiary/aromatic N) is 1. The Morgan fingerprint density at radius 1 is 1.33 bits per heavy atom. The topological polar surface area (TPSA) is 98.3 Å². The summed E-state index contributed by atoms with van der Waals surface area (Å²) in [5, 5.41) is 13.4. The van der Waals surface area contributed by atoms with Gasteiger partial charge in [0.25, 0.3) is 5.69 Å². The lowest BCUT2D eigenvalue weighted by molar-refractivity contribution is -0.384. The van der Waals surface area contributed by atoms with Gasteiger partial charge in [0, 0.05) is 25.2 Å². The molecule has 1 amide bonds. The summed E-state index contributed by atoms with van der Waals surface area (Å²) in [5.74, 6) is 0.258. The van der Waals surface area contributed by atoms with Gasteiger partial charge >= 0.3 is 0 Å². The number of carbonyl (C=O) groups is 1. The summed E-state index contributed by atoms with van der Waals surface area (Å²) in [5.41, 5.74) is 6.65. The number of nitro groups is 1. The highest BCUT2D eigenvalue weighted by molar-refractivity contribution is 5.78. The van der Waals surface area contributed by atoms with Crippen LogP contribution in [0.25, 0.3) is 0 Å². The minimum Gasteiger partial charge on any atom is -0.355 e. The first-order valence-electron chi connectivity index (χ1n) is 7.15. The highest BCUT2D eigenvalue weighted by Gasteiger charge is 2.17. The number of benzene rings is 1. The lowest BCUT2D eigenvalue weighted by Gasteiger charge is -2.16. The zero-order valence-corrected chi connectivity index (χ0v) is 12.5. The molecular formula is C15H23N3O3. The number of non-ortho nitro benzene ring substituents is 1. The van der Waals surface area contributed by atoms with Gasteiger partial charge in [-0.3, -0.25) is 14.9 Å². The van der Waals surface area contributed by atoms with Gasteiger partial charge in [-0.25, -0.2) is 0 Å². The van der Waals surface area contributed by atoms with Crippen LogP contribution < -0.4 is 11.1 Å². The smallest absolute Gasteiger partial charge is 0.269 e. The Balaban J connectivity index is 2.41. The van der Waals surface area contributed by atoms with Crippen LogP contribution in [0, 0.1) is 22.0 Å². The number of hydrogen-bond donors (Lipinski definition) is 2. The fourth-order valence-electron chi connectivity index (χ4n) is 2.14. The standard InChI is InChI=1S/C15H23N3O3/c1-11(2)9-13(10-16)15(19)17-8-7-12-3-5-14(6-4-12)18(20)21/h3-6,11,13H,7-10,16H2,1-2H3,(H,17,19). The Kier molecular flexibility index (Phi) is 6.81. The molecule has 0 aliphatic rings. The van der Waals surface area contributed by atoms with Crippen molar-refractivity contribution in [3.8, 4) is 0 Å². The van der Waals surface area contributed by atoms with Crippen LogP contribution in [-0.4, -0.2) is 23.9 Å². The molecule has 0 spiro atoms. The largest absolute Gasteiger partial charge is 0.355 e. The third kappa shape index (κ3) is 5.91. The molecule has 3 N–H and O–H groups in total. The predicted octanol–water partition coefficient (Wildman–Crippen LogP) is 1.87. The third-order valence-electron chi connectivity index (χ3n) is 3.27. The van der Waals surface area contributed by atoms with Crippen molar-refractivity contribution < 1.29 is 9.72 Å². The first-order valence-corrected chi connectivity index (χ1v) is 7.15. The van der Waals surface area contributed by atoms with Crippen LogP contribution in [0.2, 0.25) is 0 Å². The van der Waals surface area contributed by atoms with Gasteiger partial charge in [0.2, 0.25) is 5.91 Å². The Bertz CT molecular complexity index is 472. The first kappa shape index (κ1) is 17.1. The maximum absolute atomic E-state index is 12.0. The van der Waals surface area contributed by atoms with Gasteiger partial charge in [-0.15, -0.1) is 0 Å². The maximum Gasteiger partial charge on any atom is 0.269 e. The molecule has 6 heteroatoms. The zero-order valence-electron chi connectivity index (χ0n) is 12.5. The predicted molar refractivity (Wildman–Crippen MR) is 81.8 cm³/mol. The maximum atomic E-state index is 12.0. The summed E-state index contributed by atoms with van der Waals surface area (Å²) >= 11 is 0. The van der Waals surface area contributed by atoms with Crippen LogP contribution in [0.5, 0.6) is 0 Å². The normalized spacial score (nSPS) is 12.2. The van der Waals surface area contributed by atoms with Gasteiger partial charge in [0.15, 0.2) is 0 Å². The Morgan fingerprint density at radius 2 is 1.95 bits per heavy atom. The molecule has 1 atom stereocenters. The molecule has 116 valence electrons. The number of hydrogen-bond acceptors (Lipinski definition) is 4. The molecule has 0 aliphatic carbocycles. The summed E-state index contributed by atoms with van der Waals surface area (Å²) in [4.78, 5) is 22.1. The quantitative estimate of drug-likeness (QED) is 0.564. The van der Waals surface area contributed by atoms with Crippen LogP contribution in [0.3, 0.4) is 0 Å². The fourth-order valence-corrected chi connectivity index (χ4v) is 2.14. The van der Waals surface area contributed by atoms with E-state index in [2.05, 4.69) is 19.2 Å². The lowest BCUT2D eigenvalue weighted by atomic mass is 9.96. The van der Waals surface area contributed by atoms with Crippen LogP contribution >= 0.6 is 0 Å². The molecule has 0 heterocycles. The number of nitrogens with two attached hydrogens (primary N) is 1. The first-order chi connectivity index (χ1) is 9.93. The molecule has 1 aromatic carbocycles. The summed E-state index contributed by atoms with van der Waals surface area (Å²) in [6.07, 6.45) is 1.42. The van der Waals surface area contributed by atoms with Gasteiger partial charge in [-0.1, -0.05) is 26.0 Å². The van der Waals surface area contributed by atoms with Crippen LogP contribution in [0.4, 0.5) is 5.69 Å². The van der Waals surface area contributed by atoms with Gasteiger partial charge in [0.1, 0.15) is 0 Å². The molecule has 21 heavy (non-hydrogen) atoms. The van der Waals surface area contributed by atoms with Crippen molar-refractivity contribution in [3.63, 3.8) is 0 Å². The van der Waals surface area contributed by atoms with Crippen molar-refractivity contribution >= 4 is 11.6 Å². The van der Waals surface area contributed by atoms with Crippen molar-refractivity contribution in [1.29, 1.82) is 0 Å². The monoisotopic (exact) mass is 293 g/mol. The number of amides is 1. The molecule has 1 aromatic rings. The fraction of sp³-hybridized carbons (Fsp3) is 0.533. The molecule has 0 saturated carbocycles. The van der Waals surface area contributed by atoms with Crippen molar-refractivity contribution in [1.82, 2.24) is 5.32 Å². The molecule has 6 nitrogen and oxygen atoms in total. The highest BCUT2D eigenvalue weighted by Crippen LogP contribution is 2.13. The van der Waals surface area contributed by atoms with E-state index in [1.165, 1.54) is 12.1 Å². The van der Waals surface area contributed by atoms with Crippen molar-refractivity contribution in [3.05, 3.63) is 39.9 Å². The van der Waals surface area contributed by atoms with E-state index in [9.17, 15) is 14.9 Å². The minimum absolute atomic E-state index is 0.0203. The second-order valence-corrected chi connectivity index (χ2v) is 5.53. The van der Waals surface area contributed by atoms with Crippen LogP contribution in [0.1, 0.15) is 25.8 Å². The van der Waals surface area contributed by atoms with E-state index in [4.69, 9.17) is 5.73 Å². The molecule has 0 bridgehead atoms. The van der Waals surface area contributed by atoms with Crippen LogP contribution in [0.15, 0.2) is 24.3 Å². The number of nitro benzene ring substituents is 1. The lowest BCUT2D eigenvalue weighted by Crippen LogP contribution is -2.36. The van der Waals surface area contributed by atoms with E-state index in [1.54, 1.807) is 12.1 Å². The molecule has 1 unspecified atom stereocenters. The van der Waals surface area contributed by atoms with E-state index in [0.29, 0.717) is 25.4 Å². The average molecular weight is 293 g/mol. The second kappa shape index (κ2) is 8.36. The summed E-state index contributed by atoms with van der Waals surface area (Å²) in [7, 11) is 0. The van der Waals surface area contributed by atoms with Crippen LogP contribution in [-0.2, 0) is 11.2 Å². The Hall–Kier alpha value is -1.95. The summed E-state index contributed by atoms with van der Waals surface area (Å²) < 4.78 is 0. The third-order valence-corrected chi connectivity index (χ3v) is 3.27. The van der Waals surface area contributed by atoms with E-state index in [1.807, 2.05) is 0 Å². The van der Waals surface area contributed by atoms with E-state index in [-0.39, 0.29) is 17.5 Å². The molecule has 0 saturated heterocycles. The zero-order chi connectivity index (χ0) is 15.8. The van der Waals surface area contributed by atoms with E-state index < -0.39 is 4.92 Å². The van der Waals surface area contributed by atoms with E-state index >= 15 is 0 Å². The van der Waals surface area contributed by atoms with Crippen molar-refractivity contribution in [2.24, 2.45) is 17.6 Å². The number of carbonyl (C=O) groups excluding carboxylic acids is 1. The summed E-state index contributed by atoms with van der Waals surface area (Å²) in [6.45, 7) is 4.98. The van der Waals surface area contributed by atoms with Gasteiger partial charge < -0.3 is 11.1 Å². The molecule has 0 radical (unpaired) electrons. The number of nitrogens with one attached hydrogen (secondary N) is 1. The number of rotatable bonds is 8. The van der Waals surface area contributed by atoms with E-state index in [0.717, 1.165) is 12.0 Å². The molecular weight excluding hydrogens is 270 g/mol. The highest BCUT2D eigenvalue weighted by atomic mass is 16.6. The van der Waals surface area contributed by atoms with Gasteiger partial charge in [0.05, 0.1) is 10.8 Å². The SMILES string of the molecule is CC(C)CC(CN)C(=O)NCCc1ccc([N+](=O)[O-])cc1. The Labute approximate surface area is 124 Å². The van der Waals surface area contributed by atoms with Gasteiger partial charge in [-0.05, 0) is 24.3 Å². The summed E-state index contributed by atoms with van der Waals surface area (Å²) in [6, 6.07) is 6.36. The molecule has 0 fully saturated rings. The Morgan fingerprint density at radius 3 is 2.43 bits per heavy atom. The van der Waals surface area contributed by atoms with Gasteiger partial charge in [-0.2, -0.15) is 0 Å². The molecule has 0 aliphatic heterocycles. The van der Waals surface area contributed by atoms with Crippen molar-refractivity contribution in [2.75, 3.05) is 13.1 Å². The molecule has 1 rings (SSSR count). The average Bonchev–Trinajstić information content (AvgIpc) is 2.44. The minimum atomic E-state index is -0.427. The second-order valence-electron chi connectivity index (χ2n) is 5.53. The van der Waals surface area contributed by atoms with Crippen molar-refractivity contribution in [2.45, 2.75) is 26.7 Å². The molecule has 0 aromatic heterocycles.